The first-order chi connectivity index (χ1) is 13.2. The maximum Gasteiger partial charge on any atom is 0.273 e. The van der Waals surface area contributed by atoms with Gasteiger partial charge < -0.3 is 10.2 Å². The van der Waals surface area contributed by atoms with E-state index in [0.29, 0.717) is 0 Å². The first-order valence-corrected chi connectivity index (χ1v) is 9.23. The molecule has 7 nitrogen and oxygen atoms in total. The van der Waals surface area contributed by atoms with Crippen molar-refractivity contribution in [2.45, 2.75) is 45.1 Å². The largest absolute Gasteiger partial charge is 0.348 e. The van der Waals surface area contributed by atoms with Gasteiger partial charge in [-0.1, -0.05) is 16.8 Å². The molecule has 1 fully saturated rings. The molecule has 28 heavy (non-hydrogen) atoms. The van der Waals surface area contributed by atoms with Crippen molar-refractivity contribution in [3.8, 4) is 0 Å². The Morgan fingerprint density at radius 2 is 2.14 bits per heavy atom. The van der Waals surface area contributed by atoms with Crippen LogP contribution >= 0.6 is 11.6 Å². The Kier molecular flexibility index (Phi) is 5.93. The first kappa shape index (κ1) is 20.2. The zero-order valence-corrected chi connectivity index (χ0v) is 16.2. The van der Waals surface area contributed by atoms with Crippen molar-refractivity contribution >= 4 is 23.4 Å². The molecule has 1 aliphatic heterocycles. The number of nitrogens with one attached hydrogen (secondary N) is 1. The quantitative estimate of drug-likeness (QED) is 0.819. The summed E-state index contributed by atoms with van der Waals surface area (Å²) in [5.74, 6) is -1.73. The Labute approximate surface area is 165 Å². The maximum atomic E-state index is 14.0. The van der Waals surface area contributed by atoms with Gasteiger partial charge in [0.05, 0.1) is 30.9 Å². The molecule has 1 aromatic heterocycles. The number of alkyl halides is 1. The Morgan fingerprint density at radius 1 is 1.39 bits per heavy atom. The molecule has 2 heterocycles. The average molecular weight is 412 g/mol. The second kappa shape index (κ2) is 8.22. The fourth-order valence-electron chi connectivity index (χ4n) is 3.14. The molecule has 10 heteroatoms. The molecular weight excluding hydrogens is 392 g/mol. The van der Waals surface area contributed by atoms with E-state index in [9.17, 15) is 18.4 Å². The van der Waals surface area contributed by atoms with E-state index in [1.165, 1.54) is 27.9 Å². The van der Waals surface area contributed by atoms with Crippen molar-refractivity contribution < 1.29 is 18.4 Å². The van der Waals surface area contributed by atoms with Gasteiger partial charge in [0, 0.05) is 17.5 Å². The van der Waals surface area contributed by atoms with Crippen LogP contribution in [-0.4, -0.2) is 56.5 Å². The number of carbonyl (C=O) groups excluding carboxylic acids is 2. The minimum absolute atomic E-state index is 0.0551. The van der Waals surface area contributed by atoms with Gasteiger partial charge in [0.1, 0.15) is 12.0 Å². The lowest BCUT2D eigenvalue weighted by Gasteiger charge is -2.24. The Morgan fingerprint density at radius 3 is 2.86 bits per heavy atom. The smallest absolute Gasteiger partial charge is 0.273 e. The molecule has 0 radical (unpaired) electrons. The number of benzene rings is 1. The molecule has 2 aromatic rings. The van der Waals surface area contributed by atoms with Gasteiger partial charge in [0.25, 0.3) is 11.8 Å². The fourth-order valence-corrected chi connectivity index (χ4v) is 3.31. The van der Waals surface area contributed by atoms with Crippen LogP contribution in [0.1, 0.15) is 41.1 Å². The number of hydrogen-bond donors (Lipinski definition) is 1. The van der Waals surface area contributed by atoms with Crippen LogP contribution in [0.2, 0.25) is 5.02 Å². The van der Waals surface area contributed by atoms with Gasteiger partial charge in [-0.05, 0) is 32.0 Å². The second-order valence-electron chi connectivity index (χ2n) is 7.02. The first-order valence-electron chi connectivity index (χ1n) is 8.85. The summed E-state index contributed by atoms with van der Waals surface area (Å²) in [6.45, 7) is 3.63. The minimum Gasteiger partial charge on any atom is -0.348 e. The predicted molar refractivity (Wildman–Crippen MR) is 98.4 cm³/mol. The van der Waals surface area contributed by atoms with Gasteiger partial charge in [0.15, 0.2) is 5.69 Å². The van der Waals surface area contributed by atoms with Crippen LogP contribution in [0.5, 0.6) is 0 Å². The summed E-state index contributed by atoms with van der Waals surface area (Å²) in [7, 11) is 0. The van der Waals surface area contributed by atoms with Crippen LogP contribution < -0.4 is 5.32 Å². The van der Waals surface area contributed by atoms with Gasteiger partial charge in [-0.15, -0.1) is 5.10 Å². The van der Waals surface area contributed by atoms with Gasteiger partial charge in [-0.25, -0.2) is 13.5 Å². The highest BCUT2D eigenvalue weighted by molar-refractivity contribution is 6.31. The van der Waals surface area contributed by atoms with E-state index in [2.05, 4.69) is 15.6 Å². The number of amides is 2. The standard InChI is InChI=1S/C18H20ClF2N5O2/c1-10(2)22-17(27)16-9-25(24-23-16)8-13-6-12(20)7-26(13)18(28)14-5-11(19)3-4-15(14)21/h3-5,9-10,12-13H,6-8H2,1-2H3,(H,22,27)/t12-,13-/m0/s1. The Bertz CT molecular complexity index is 889. The summed E-state index contributed by atoms with van der Waals surface area (Å²) >= 11 is 5.86. The minimum atomic E-state index is -1.23. The molecular formula is C18H20ClF2N5O2. The summed E-state index contributed by atoms with van der Waals surface area (Å²) in [5.41, 5.74) is -0.0792. The molecule has 3 rings (SSSR count). The molecule has 1 aromatic carbocycles. The molecule has 0 aliphatic carbocycles. The monoisotopic (exact) mass is 411 g/mol. The third kappa shape index (κ3) is 4.46. The predicted octanol–water partition coefficient (Wildman–Crippen LogP) is 2.46. The van der Waals surface area contributed by atoms with Crippen molar-refractivity contribution in [2.75, 3.05) is 6.54 Å². The number of aromatic nitrogens is 3. The highest BCUT2D eigenvalue weighted by Gasteiger charge is 2.37. The Hall–Kier alpha value is -2.55. The van der Waals surface area contributed by atoms with Crippen molar-refractivity contribution in [1.29, 1.82) is 0 Å². The van der Waals surface area contributed by atoms with Crippen LogP contribution in [0.4, 0.5) is 8.78 Å². The van der Waals surface area contributed by atoms with E-state index < -0.39 is 23.9 Å². The van der Waals surface area contributed by atoms with Gasteiger partial charge in [0.2, 0.25) is 0 Å². The van der Waals surface area contributed by atoms with Gasteiger partial charge in [-0.3, -0.25) is 9.59 Å². The second-order valence-corrected chi connectivity index (χ2v) is 7.46. The van der Waals surface area contributed by atoms with E-state index >= 15 is 0 Å². The van der Waals surface area contributed by atoms with Crippen molar-refractivity contribution in [1.82, 2.24) is 25.2 Å². The topological polar surface area (TPSA) is 80.1 Å². The molecule has 1 saturated heterocycles. The summed E-state index contributed by atoms with van der Waals surface area (Å²) < 4.78 is 29.5. The van der Waals surface area contributed by atoms with E-state index in [-0.39, 0.29) is 47.7 Å². The fraction of sp³-hybridized carbons (Fsp3) is 0.444. The van der Waals surface area contributed by atoms with Crippen LogP contribution in [-0.2, 0) is 6.54 Å². The highest BCUT2D eigenvalue weighted by atomic mass is 35.5. The lowest BCUT2D eigenvalue weighted by Crippen LogP contribution is -2.38. The normalized spacial score (nSPS) is 19.3. The third-order valence-electron chi connectivity index (χ3n) is 4.37. The molecule has 0 unspecified atom stereocenters. The molecule has 2 amide bonds. The Balaban J connectivity index is 1.76. The van der Waals surface area contributed by atoms with Crippen LogP contribution in [0.15, 0.2) is 24.4 Å². The van der Waals surface area contributed by atoms with Crippen molar-refractivity contribution in [3.05, 3.63) is 46.5 Å². The molecule has 1 aliphatic rings. The molecule has 0 saturated carbocycles. The number of likely N-dealkylation sites (tertiary alicyclic amines) is 1. The lowest BCUT2D eigenvalue weighted by molar-refractivity contribution is 0.0709. The van der Waals surface area contributed by atoms with Gasteiger partial charge >= 0.3 is 0 Å². The number of carbonyl (C=O) groups is 2. The highest BCUT2D eigenvalue weighted by Crippen LogP contribution is 2.26. The third-order valence-corrected chi connectivity index (χ3v) is 4.61. The van der Waals surface area contributed by atoms with Gasteiger partial charge in [-0.2, -0.15) is 0 Å². The molecule has 150 valence electrons. The molecule has 0 bridgehead atoms. The molecule has 2 atom stereocenters. The molecule has 0 spiro atoms. The zero-order valence-electron chi connectivity index (χ0n) is 15.4. The van der Waals surface area contributed by atoms with Crippen LogP contribution in [0.3, 0.4) is 0 Å². The van der Waals surface area contributed by atoms with E-state index in [1.54, 1.807) is 0 Å². The summed E-state index contributed by atoms with van der Waals surface area (Å²) in [6.07, 6.45) is 0.288. The van der Waals surface area contributed by atoms with Crippen LogP contribution in [0.25, 0.3) is 0 Å². The number of rotatable bonds is 5. The van der Waals surface area contributed by atoms with Crippen molar-refractivity contribution in [3.63, 3.8) is 0 Å². The number of halogens is 3. The molecule has 1 N–H and O–H groups in total. The zero-order chi connectivity index (χ0) is 20.4. The number of hydrogen-bond acceptors (Lipinski definition) is 4. The summed E-state index contributed by atoms with van der Waals surface area (Å²) in [5, 5.41) is 10.6. The van der Waals surface area contributed by atoms with E-state index in [1.807, 2.05) is 13.8 Å². The van der Waals surface area contributed by atoms with Crippen molar-refractivity contribution in [2.24, 2.45) is 0 Å². The lowest BCUT2D eigenvalue weighted by atomic mass is 10.1. The number of nitrogens with zero attached hydrogens (tertiary/aromatic N) is 4. The van der Waals surface area contributed by atoms with E-state index in [0.717, 1.165) is 6.07 Å². The SMILES string of the molecule is CC(C)NC(=O)c1cn(C[C@@H]2C[C@H](F)CN2C(=O)c2cc(Cl)ccc2F)nn1. The maximum absolute atomic E-state index is 14.0. The van der Waals surface area contributed by atoms with E-state index in [4.69, 9.17) is 11.6 Å². The average Bonchev–Trinajstić information content (AvgIpc) is 3.23. The summed E-state index contributed by atoms with van der Waals surface area (Å²) in [6, 6.07) is 3.06. The van der Waals surface area contributed by atoms with Crippen LogP contribution in [0, 0.1) is 5.82 Å². The summed E-state index contributed by atoms with van der Waals surface area (Å²) in [4.78, 5) is 26.0.